The Bertz CT molecular complexity index is 2030. The summed E-state index contributed by atoms with van der Waals surface area (Å²) in [6.07, 6.45) is 0. The Morgan fingerprint density at radius 3 is 1.89 bits per heavy atom. The minimum atomic E-state index is -0.440. The van der Waals surface area contributed by atoms with E-state index in [9.17, 15) is 0 Å². The molecular formula is C35H20OS. The average Bonchev–Trinajstić information content (AvgIpc) is 3.48. The summed E-state index contributed by atoms with van der Waals surface area (Å²) in [5.74, 6) is 1.87. The maximum atomic E-state index is 6.52. The van der Waals surface area contributed by atoms with Crippen LogP contribution in [0.5, 0.6) is 11.5 Å². The highest BCUT2D eigenvalue weighted by Gasteiger charge is 2.52. The molecule has 0 atom stereocenters. The average molecular weight is 489 g/mol. The number of benzene rings is 6. The molecule has 0 fully saturated rings. The molecular weight excluding hydrogens is 468 g/mol. The normalized spacial score (nSPS) is 14.4. The van der Waals surface area contributed by atoms with Gasteiger partial charge in [-0.3, -0.25) is 0 Å². The standard InChI is InChI=1S/C35H20OS/c1-2-10-22-21(9-1)17-19-27-32(22)33-28(20-18-24-23-11-3-8-16-31(23)37-34(24)33)35(27)25-12-4-6-14-29(25)36-30-15-7-5-13-26(30)35/h1-20H. The van der Waals surface area contributed by atoms with E-state index < -0.39 is 5.41 Å². The van der Waals surface area contributed by atoms with Crippen LogP contribution in [0.2, 0.25) is 0 Å². The molecule has 0 N–H and O–H groups in total. The van der Waals surface area contributed by atoms with Gasteiger partial charge in [-0.2, -0.15) is 0 Å². The SMILES string of the molecule is c1ccc2c(c1)Oc1ccccc1C21c2ccc3ccccc3c2-c2c1ccc1c2sc2ccccc21. The fourth-order valence-electron chi connectivity index (χ4n) is 6.92. The van der Waals surface area contributed by atoms with Crippen LogP contribution in [0.1, 0.15) is 22.3 Å². The number of fused-ring (bicyclic) bond motifs is 15. The number of para-hydroxylation sites is 2. The van der Waals surface area contributed by atoms with Gasteiger partial charge in [-0.05, 0) is 45.7 Å². The van der Waals surface area contributed by atoms with Gasteiger partial charge in [0.1, 0.15) is 11.5 Å². The molecule has 0 saturated heterocycles. The van der Waals surface area contributed by atoms with E-state index >= 15 is 0 Å². The van der Waals surface area contributed by atoms with Crippen LogP contribution in [0.4, 0.5) is 0 Å². The molecule has 1 spiro atoms. The fraction of sp³-hybridized carbons (Fsp3) is 0.0286. The molecule has 2 heteroatoms. The van der Waals surface area contributed by atoms with Crippen LogP contribution < -0.4 is 4.74 Å². The van der Waals surface area contributed by atoms with E-state index in [1.54, 1.807) is 0 Å². The van der Waals surface area contributed by atoms with Gasteiger partial charge in [0, 0.05) is 36.9 Å². The van der Waals surface area contributed by atoms with Crippen molar-refractivity contribution in [1.29, 1.82) is 0 Å². The van der Waals surface area contributed by atoms with Gasteiger partial charge in [0.15, 0.2) is 0 Å². The van der Waals surface area contributed by atoms with E-state index in [0.29, 0.717) is 0 Å². The molecule has 0 unspecified atom stereocenters. The highest BCUT2D eigenvalue weighted by atomic mass is 32.1. The van der Waals surface area contributed by atoms with Crippen molar-refractivity contribution in [2.75, 3.05) is 0 Å². The summed E-state index contributed by atoms with van der Waals surface area (Å²) in [7, 11) is 0. The first-order valence-corrected chi connectivity index (χ1v) is 13.5. The second kappa shape index (κ2) is 6.88. The molecule has 7 aromatic rings. The zero-order valence-electron chi connectivity index (χ0n) is 19.9. The Balaban J connectivity index is 1.57. The van der Waals surface area contributed by atoms with E-state index in [2.05, 4.69) is 121 Å². The largest absolute Gasteiger partial charge is 0.457 e. The summed E-state index contributed by atoms with van der Waals surface area (Å²) in [5.41, 5.74) is 7.41. The van der Waals surface area contributed by atoms with Crippen molar-refractivity contribution in [2.24, 2.45) is 0 Å². The lowest BCUT2D eigenvalue weighted by molar-refractivity contribution is 0.436. The third-order valence-electron chi connectivity index (χ3n) is 8.34. The van der Waals surface area contributed by atoms with Crippen LogP contribution >= 0.6 is 11.3 Å². The zero-order chi connectivity index (χ0) is 24.1. The van der Waals surface area contributed by atoms with Crippen LogP contribution in [0.3, 0.4) is 0 Å². The molecule has 0 amide bonds. The van der Waals surface area contributed by atoms with Gasteiger partial charge < -0.3 is 4.74 Å². The third-order valence-corrected chi connectivity index (χ3v) is 9.54. The molecule has 172 valence electrons. The van der Waals surface area contributed by atoms with Crippen molar-refractivity contribution in [3.8, 4) is 22.6 Å². The minimum absolute atomic E-state index is 0.440. The quantitative estimate of drug-likeness (QED) is 0.206. The van der Waals surface area contributed by atoms with Crippen molar-refractivity contribution in [3.05, 3.63) is 144 Å². The lowest BCUT2D eigenvalue weighted by atomic mass is 9.66. The first-order chi connectivity index (χ1) is 18.4. The second-order valence-electron chi connectivity index (χ2n) is 10.0. The van der Waals surface area contributed by atoms with Crippen LogP contribution in [0, 0.1) is 0 Å². The molecule has 2 aliphatic rings. The summed E-state index contributed by atoms with van der Waals surface area (Å²) < 4.78 is 9.22. The van der Waals surface area contributed by atoms with Crippen molar-refractivity contribution >= 4 is 42.3 Å². The Kier molecular flexibility index (Phi) is 3.67. The predicted molar refractivity (Wildman–Crippen MR) is 154 cm³/mol. The van der Waals surface area contributed by atoms with Gasteiger partial charge in [-0.15, -0.1) is 11.3 Å². The van der Waals surface area contributed by atoms with Gasteiger partial charge >= 0.3 is 0 Å². The molecule has 1 nitrogen and oxygen atoms in total. The van der Waals surface area contributed by atoms with Crippen LogP contribution in [0.25, 0.3) is 42.1 Å². The molecule has 0 saturated carbocycles. The minimum Gasteiger partial charge on any atom is -0.457 e. The number of hydrogen-bond acceptors (Lipinski definition) is 2. The van der Waals surface area contributed by atoms with E-state index in [4.69, 9.17) is 4.74 Å². The number of rotatable bonds is 0. The van der Waals surface area contributed by atoms with Gasteiger partial charge in [-0.25, -0.2) is 0 Å². The van der Waals surface area contributed by atoms with E-state index in [-0.39, 0.29) is 0 Å². The molecule has 9 rings (SSSR count). The smallest absolute Gasteiger partial charge is 0.132 e. The van der Waals surface area contributed by atoms with Gasteiger partial charge in [0.25, 0.3) is 0 Å². The van der Waals surface area contributed by atoms with Crippen molar-refractivity contribution in [2.45, 2.75) is 5.41 Å². The van der Waals surface area contributed by atoms with Crippen molar-refractivity contribution in [1.82, 2.24) is 0 Å². The molecule has 37 heavy (non-hydrogen) atoms. The predicted octanol–water partition coefficient (Wildman–Crippen LogP) is 9.68. The van der Waals surface area contributed by atoms with Gasteiger partial charge in [0.2, 0.25) is 0 Å². The zero-order valence-corrected chi connectivity index (χ0v) is 20.7. The van der Waals surface area contributed by atoms with E-state index in [1.807, 2.05) is 11.3 Å². The third kappa shape index (κ3) is 2.30. The summed E-state index contributed by atoms with van der Waals surface area (Å²) in [6.45, 7) is 0. The molecule has 6 aromatic carbocycles. The van der Waals surface area contributed by atoms with Crippen LogP contribution in [0.15, 0.2) is 121 Å². The first-order valence-electron chi connectivity index (χ1n) is 12.7. The van der Waals surface area contributed by atoms with Crippen LogP contribution in [-0.2, 0) is 5.41 Å². The Morgan fingerprint density at radius 2 is 1.08 bits per heavy atom. The van der Waals surface area contributed by atoms with Crippen molar-refractivity contribution in [3.63, 3.8) is 0 Å². The summed E-state index contributed by atoms with van der Waals surface area (Å²) in [4.78, 5) is 0. The number of thiophene rings is 1. The number of ether oxygens (including phenoxy) is 1. The Morgan fingerprint density at radius 1 is 0.459 bits per heavy atom. The highest BCUT2D eigenvalue weighted by molar-refractivity contribution is 7.26. The fourth-order valence-corrected chi connectivity index (χ4v) is 8.18. The monoisotopic (exact) mass is 488 g/mol. The lowest BCUT2D eigenvalue weighted by Crippen LogP contribution is -2.32. The van der Waals surface area contributed by atoms with Crippen LogP contribution in [-0.4, -0.2) is 0 Å². The molecule has 0 bridgehead atoms. The number of hydrogen-bond donors (Lipinski definition) is 0. The van der Waals surface area contributed by atoms with Gasteiger partial charge in [-0.1, -0.05) is 103 Å². The highest BCUT2D eigenvalue weighted by Crippen LogP contribution is 2.64. The topological polar surface area (TPSA) is 9.23 Å². The summed E-state index contributed by atoms with van der Waals surface area (Å²) >= 11 is 1.92. The van der Waals surface area contributed by atoms with Crippen molar-refractivity contribution < 1.29 is 4.74 Å². The maximum absolute atomic E-state index is 6.52. The van der Waals surface area contributed by atoms with E-state index in [1.165, 1.54) is 64.3 Å². The Hall–Kier alpha value is -4.40. The first kappa shape index (κ1) is 19.7. The molecule has 1 aromatic heterocycles. The summed E-state index contributed by atoms with van der Waals surface area (Å²) in [5, 5.41) is 5.25. The second-order valence-corrected chi connectivity index (χ2v) is 11.1. The van der Waals surface area contributed by atoms with Gasteiger partial charge in [0.05, 0.1) is 5.41 Å². The maximum Gasteiger partial charge on any atom is 0.132 e. The Labute approximate surface area is 218 Å². The molecule has 0 radical (unpaired) electrons. The van der Waals surface area contributed by atoms with E-state index in [0.717, 1.165) is 11.5 Å². The molecule has 2 heterocycles. The molecule has 1 aliphatic heterocycles. The summed E-state index contributed by atoms with van der Waals surface area (Å²) in [6, 6.07) is 44.2. The molecule has 1 aliphatic carbocycles. The lowest BCUT2D eigenvalue weighted by Gasteiger charge is -2.39.